The van der Waals surface area contributed by atoms with Gasteiger partial charge in [-0.05, 0) is 71.9 Å². The maximum absolute atomic E-state index is 11.5. The van der Waals surface area contributed by atoms with Gasteiger partial charge in [0.25, 0.3) is 0 Å². The molecule has 1 aliphatic rings. The molecule has 6 nitrogen and oxygen atoms in total. The fourth-order valence-electron chi connectivity index (χ4n) is 3.75. The van der Waals surface area contributed by atoms with Gasteiger partial charge in [0.1, 0.15) is 5.69 Å². The number of nitrogens with one attached hydrogen (secondary N) is 2. The van der Waals surface area contributed by atoms with E-state index in [0.29, 0.717) is 16.9 Å². The van der Waals surface area contributed by atoms with Crippen molar-refractivity contribution in [2.24, 2.45) is 5.41 Å². The Morgan fingerprint density at radius 3 is 2.93 bits per heavy atom. The van der Waals surface area contributed by atoms with Gasteiger partial charge < -0.3 is 15.7 Å². The highest BCUT2D eigenvalue weighted by Gasteiger charge is 2.26. The number of thiophene rings is 1. The van der Waals surface area contributed by atoms with E-state index in [-0.39, 0.29) is 0 Å². The number of fused-ring (bicyclic) bond motifs is 1. The van der Waals surface area contributed by atoms with Crippen molar-refractivity contribution >= 4 is 49.3 Å². The Bertz CT molecular complexity index is 1050. The van der Waals surface area contributed by atoms with Gasteiger partial charge in [0.05, 0.1) is 14.9 Å². The Labute approximate surface area is 181 Å². The van der Waals surface area contributed by atoms with Crippen molar-refractivity contribution in [1.29, 1.82) is 0 Å². The number of piperidine rings is 1. The van der Waals surface area contributed by atoms with Crippen LogP contribution in [0, 0.1) is 5.41 Å². The van der Waals surface area contributed by atoms with E-state index in [1.807, 2.05) is 12.1 Å². The number of hydrogen-bond acceptors (Lipinski definition) is 6. The number of halogens is 1. The number of carbonyl (C=O) groups is 1. The maximum Gasteiger partial charge on any atom is 0.336 e. The first-order chi connectivity index (χ1) is 14.0. The summed E-state index contributed by atoms with van der Waals surface area (Å²) in [6.45, 7) is 5.34. The van der Waals surface area contributed by atoms with Crippen molar-refractivity contribution < 1.29 is 9.90 Å². The first kappa shape index (κ1) is 20.3. The molecule has 0 bridgehead atoms. The average Bonchev–Trinajstić information content (AvgIpc) is 3.13. The normalized spacial score (nSPS) is 16.1. The Hall–Kier alpha value is -2.03. The first-order valence-electron chi connectivity index (χ1n) is 9.69. The molecule has 3 heterocycles. The molecule has 3 aromatic rings. The third kappa shape index (κ3) is 4.44. The molecule has 152 valence electrons. The Morgan fingerprint density at radius 1 is 1.38 bits per heavy atom. The van der Waals surface area contributed by atoms with Crippen LogP contribution in [0.25, 0.3) is 20.7 Å². The number of hydrogen-bond donors (Lipinski definition) is 3. The molecule has 1 aromatic carbocycles. The predicted molar refractivity (Wildman–Crippen MR) is 121 cm³/mol. The van der Waals surface area contributed by atoms with Crippen LogP contribution in [0.15, 0.2) is 34.9 Å². The third-order valence-corrected chi connectivity index (χ3v) is 7.28. The lowest BCUT2D eigenvalue weighted by molar-refractivity contribution is 0.0699. The number of aromatic nitrogens is 2. The summed E-state index contributed by atoms with van der Waals surface area (Å²) in [7, 11) is 0. The molecule has 1 fully saturated rings. The summed E-state index contributed by atoms with van der Waals surface area (Å²) in [5, 5.41) is 17.0. The highest BCUT2D eigenvalue weighted by atomic mass is 79.9. The lowest BCUT2D eigenvalue weighted by Gasteiger charge is -2.34. The second kappa shape index (κ2) is 8.38. The van der Waals surface area contributed by atoms with Gasteiger partial charge in [-0.15, -0.1) is 11.3 Å². The fourth-order valence-corrected chi connectivity index (χ4v) is 5.37. The lowest BCUT2D eigenvalue weighted by Crippen LogP contribution is -2.35. The molecule has 1 saturated heterocycles. The largest absolute Gasteiger partial charge is 0.478 e. The first-order valence-corrected chi connectivity index (χ1v) is 11.3. The van der Waals surface area contributed by atoms with Crippen LogP contribution in [0.4, 0.5) is 5.95 Å². The molecule has 0 aliphatic carbocycles. The van der Waals surface area contributed by atoms with Crippen molar-refractivity contribution in [3.63, 3.8) is 0 Å². The van der Waals surface area contributed by atoms with Crippen LogP contribution in [0.3, 0.4) is 0 Å². The minimum absolute atomic E-state index is 0.309. The Balaban J connectivity index is 1.55. The second-order valence-corrected chi connectivity index (χ2v) is 9.70. The summed E-state index contributed by atoms with van der Waals surface area (Å²) in [5.74, 6) is -0.327. The molecule has 8 heteroatoms. The Morgan fingerprint density at radius 2 is 2.17 bits per heavy atom. The van der Waals surface area contributed by atoms with Crippen LogP contribution in [0.1, 0.15) is 36.5 Å². The second-order valence-electron chi connectivity index (χ2n) is 7.76. The number of rotatable bonds is 6. The molecule has 0 saturated carbocycles. The summed E-state index contributed by atoms with van der Waals surface area (Å²) in [4.78, 5) is 21.5. The molecule has 1 aliphatic heterocycles. The molecule has 29 heavy (non-hydrogen) atoms. The monoisotopic (exact) mass is 474 g/mol. The number of carboxylic acid groups (broad SMARTS) is 1. The standard InChI is InChI=1S/C21H23BrN4O2S/c1-21(5-8-23-9-6-21)7-10-24-20-25-12-15(22)18(26-20)17-11-14-13(19(27)28)3-2-4-16(14)29-17/h2-4,11-12,23H,5-10H2,1H3,(H,27,28)(H,24,25,26). The van der Waals surface area contributed by atoms with E-state index >= 15 is 0 Å². The van der Waals surface area contributed by atoms with E-state index in [4.69, 9.17) is 4.98 Å². The smallest absolute Gasteiger partial charge is 0.336 e. The molecule has 0 radical (unpaired) electrons. The highest BCUT2D eigenvalue weighted by molar-refractivity contribution is 9.10. The van der Waals surface area contributed by atoms with Crippen molar-refractivity contribution in [3.05, 3.63) is 40.5 Å². The van der Waals surface area contributed by atoms with Gasteiger partial charge in [-0.2, -0.15) is 0 Å². The molecular formula is C21H23BrN4O2S. The molecule has 0 unspecified atom stereocenters. The predicted octanol–water partition coefficient (Wildman–Crippen LogP) is 5.01. The molecule has 2 aromatic heterocycles. The van der Waals surface area contributed by atoms with Crippen LogP contribution >= 0.6 is 27.3 Å². The van der Waals surface area contributed by atoms with Crippen LogP contribution in [-0.4, -0.2) is 40.7 Å². The zero-order valence-electron chi connectivity index (χ0n) is 16.2. The van der Waals surface area contributed by atoms with Crippen LogP contribution in [-0.2, 0) is 0 Å². The summed E-state index contributed by atoms with van der Waals surface area (Å²) < 4.78 is 1.72. The lowest BCUT2D eigenvalue weighted by atomic mass is 9.78. The SMILES string of the molecule is CC1(CCNc2ncc(Br)c(-c3cc4c(C(=O)O)cccc4s3)n2)CCNCC1. The van der Waals surface area contributed by atoms with E-state index in [2.05, 4.69) is 38.5 Å². The zero-order valence-corrected chi connectivity index (χ0v) is 18.6. The summed E-state index contributed by atoms with van der Waals surface area (Å²) in [5.41, 5.74) is 1.44. The average molecular weight is 475 g/mol. The van der Waals surface area contributed by atoms with E-state index in [9.17, 15) is 9.90 Å². The number of benzene rings is 1. The van der Waals surface area contributed by atoms with E-state index in [1.54, 1.807) is 18.3 Å². The van der Waals surface area contributed by atoms with E-state index < -0.39 is 5.97 Å². The quantitative estimate of drug-likeness (QED) is 0.465. The van der Waals surface area contributed by atoms with Crippen molar-refractivity contribution in [2.75, 3.05) is 25.0 Å². The molecule has 0 atom stereocenters. The topological polar surface area (TPSA) is 87.1 Å². The minimum Gasteiger partial charge on any atom is -0.478 e. The minimum atomic E-state index is -0.921. The number of aromatic carboxylic acids is 1. The number of carboxylic acids is 1. The molecule has 0 spiro atoms. The van der Waals surface area contributed by atoms with Crippen molar-refractivity contribution in [3.8, 4) is 10.6 Å². The van der Waals surface area contributed by atoms with E-state index in [0.717, 1.165) is 51.2 Å². The zero-order chi connectivity index (χ0) is 20.4. The van der Waals surface area contributed by atoms with Gasteiger partial charge in [0.2, 0.25) is 5.95 Å². The van der Waals surface area contributed by atoms with Gasteiger partial charge in [-0.25, -0.2) is 14.8 Å². The van der Waals surface area contributed by atoms with Crippen molar-refractivity contribution in [1.82, 2.24) is 15.3 Å². The molecular weight excluding hydrogens is 452 g/mol. The molecule has 0 amide bonds. The summed E-state index contributed by atoms with van der Waals surface area (Å²) in [6.07, 6.45) is 5.21. The number of nitrogens with zero attached hydrogens (tertiary/aromatic N) is 2. The summed E-state index contributed by atoms with van der Waals surface area (Å²) >= 11 is 5.07. The van der Waals surface area contributed by atoms with Gasteiger partial charge in [0, 0.05) is 22.8 Å². The van der Waals surface area contributed by atoms with Crippen LogP contribution < -0.4 is 10.6 Å². The Kier molecular flexibility index (Phi) is 5.85. The third-order valence-electron chi connectivity index (χ3n) is 5.59. The van der Waals surface area contributed by atoms with Gasteiger partial charge in [-0.3, -0.25) is 0 Å². The van der Waals surface area contributed by atoms with Gasteiger partial charge in [0.15, 0.2) is 0 Å². The van der Waals surface area contributed by atoms with Crippen LogP contribution in [0.2, 0.25) is 0 Å². The maximum atomic E-state index is 11.5. The fraction of sp³-hybridized carbons (Fsp3) is 0.381. The van der Waals surface area contributed by atoms with Gasteiger partial charge in [-0.1, -0.05) is 13.0 Å². The van der Waals surface area contributed by atoms with E-state index in [1.165, 1.54) is 24.2 Å². The highest BCUT2D eigenvalue weighted by Crippen LogP contribution is 2.37. The number of anilines is 1. The van der Waals surface area contributed by atoms with Crippen LogP contribution in [0.5, 0.6) is 0 Å². The van der Waals surface area contributed by atoms with Crippen molar-refractivity contribution in [2.45, 2.75) is 26.2 Å². The molecule has 3 N–H and O–H groups in total. The van der Waals surface area contributed by atoms with Gasteiger partial charge >= 0.3 is 5.97 Å². The molecule has 4 rings (SSSR count). The summed E-state index contributed by atoms with van der Waals surface area (Å²) in [6, 6.07) is 7.24.